The molecule has 0 aromatic heterocycles. The smallest absolute Gasteiger partial charge is 0.331 e. The largest absolute Gasteiger partial charge is 0.457 e. The Bertz CT molecular complexity index is 497. The summed E-state index contributed by atoms with van der Waals surface area (Å²) in [4.78, 5) is 11.9. The zero-order chi connectivity index (χ0) is 19.7. The lowest BCUT2D eigenvalue weighted by molar-refractivity contribution is -0.149. The van der Waals surface area contributed by atoms with E-state index in [1.807, 2.05) is 34.6 Å². The van der Waals surface area contributed by atoms with Crippen molar-refractivity contribution in [1.29, 1.82) is 0 Å². The second kappa shape index (κ2) is 7.51. The lowest BCUT2D eigenvalue weighted by atomic mass is 10.2. The van der Waals surface area contributed by atoms with E-state index >= 15 is 0 Å². The summed E-state index contributed by atoms with van der Waals surface area (Å²) in [6.45, 7) is 20.7. The lowest BCUT2D eigenvalue weighted by Crippen LogP contribution is -2.43. The highest BCUT2D eigenvalue weighted by Gasteiger charge is 2.43. The van der Waals surface area contributed by atoms with Gasteiger partial charge in [-0.25, -0.2) is 4.79 Å². The molecule has 1 saturated heterocycles. The van der Waals surface area contributed by atoms with Crippen molar-refractivity contribution in [2.45, 2.75) is 97.1 Å². The first-order valence-corrected chi connectivity index (χ1v) is 11.8. The van der Waals surface area contributed by atoms with Crippen LogP contribution in [-0.4, -0.2) is 44.5 Å². The molecule has 2 atom stereocenters. The van der Waals surface area contributed by atoms with Gasteiger partial charge in [0.05, 0.1) is 6.61 Å². The van der Waals surface area contributed by atoms with Crippen molar-refractivity contribution in [2.24, 2.45) is 0 Å². The van der Waals surface area contributed by atoms with E-state index in [1.54, 1.807) is 6.08 Å². The molecular formula is C19H36O5Si. The minimum atomic E-state index is -1.88. The van der Waals surface area contributed by atoms with Crippen molar-refractivity contribution in [2.75, 3.05) is 6.61 Å². The van der Waals surface area contributed by atoms with Crippen molar-refractivity contribution < 1.29 is 23.4 Å². The van der Waals surface area contributed by atoms with E-state index in [4.69, 9.17) is 18.6 Å². The molecule has 25 heavy (non-hydrogen) atoms. The molecular weight excluding hydrogens is 336 g/mol. The van der Waals surface area contributed by atoms with Crippen LogP contribution in [0.25, 0.3) is 0 Å². The molecule has 1 fully saturated rings. The molecule has 0 aromatic carbocycles. The summed E-state index contributed by atoms with van der Waals surface area (Å²) in [6, 6.07) is 0. The Morgan fingerprint density at radius 3 is 2.16 bits per heavy atom. The summed E-state index contributed by atoms with van der Waals surface area (Å²) in [6.07, 6.45) is 2.54. The summed E-state index contributed by atoms with van der Waals surface area (Å²) < 4.78 is 23.5. The average Bonchev–Trinajstić information content (AvgIpc) is 2.65. The second-order valence-electron chi connectivity index (χ2n) is 9.60. The van der Waals surface area contributed by atoms with E-state index in [9.17, 15) is 4.79 Å². The summed E-state index contributed by atoms with van der Waals surface area (Å²) >= 11 is 0. The van der Waals surface area contributed by atoms with Crippen molar-refractivity contribution >= 4 is 14.3 Å². The van der Waals surface area contributed by atoms with Crippen LogP contribution < -0.4 is 0 Å². The van der Waals surface area contributed by atoms with Crippen molar-refractivity contribution in [3.8, 4) is 0 Å². The fraction of sp³-hybridized carbons (Fsp3) is 0.842. The maximum atomic E-state index is 11.9. The van der Waals surface area contributed by atoms with Gasteiger partial charge in [-0.2, -0.15) is 0 Å². The predicted molar refractivity (Wildman–Crippen MR) is 102 cm³/mol. The molecule has 1 aliphatic heterocycles. The average molecular weight is 373 g/mol. The maximum absolute atomic E-state index is 11.9. The van der Waals surface area contributed by atoms with Gasteiger partial charge in [0, 0.05) is 6.08 Å². The first kappa shape index (κ1) is 22.3. The normalized spacial score (nSPS) is 24.7. The van der Waals surface area contributed by atoms with Crippen LogP contribution in [-0.2, 0) is 23.4 Å². The topological polar surface area (TPSA) is 54.0 Å². The molecule has 0 radical (unpaired) electrons. The quantitative estimate of drug-likeness (QED) is 0.406. The first-order valence-electron chi connectivity index (χ1n) is 8.93. The van der Waals surface area contributed by atoms with E-state index in [0.29, 0.717) is 6.61 Å². The molecule has 146 valence electrons. The van der Waals surface area contributed by atoms with Gasteiger partial charge >= 0.3 is 5.97 Å². The number of carbonyl (C=O) groups is 1. The van der Waals surface area contributed by atoms with Crippen molar-refractivity contribution in [3.05, 3.63) is 12.2 Å². The van der Waals surface area contributed by atoms with Crippen LogP contribution in [0.1, 0.15) is 55.4 Å². The minimum Gasteiger partial charge on any atom is -0.457 e. The van der Waals surface area contributed by atoms with Gasteiger partial charge in [-0.05, 0) is 58.8 Å². The lowest BCUT2D eigenvalue weighted by Gasteiger charge is -2.37. The van der Waals surface area contributed by atoms with Crippen LogP contribution >= 0.6 is 0 Å². The van der Waals surface area contributed by atoms with Gasteiger partial charge in [-0.3, -0.25) is 0 Å². The molecule has 6 heteroatoms. The molecule has 0 aliphatic carbocycles. The third-order valence-electron chi connectivity index (χ3n) is 4.46. The van der Waals surface area contributed by atoms with Crippen LogP contribution in [0, 0.1) is 0 Å². The molecule has 0 bridgehead atoms. The Morgan fingerprint density at radius 2 is 1.68 bits per heavy atom. The number of hydrogen-bond donors (Lipinski definition) is 0. The zero-order valence-electron chi connectivity index (χ0n) is 17.6. The Hall–Kier alpha value is -0.693. The van der Waals surface area contributed by atoms with Gasteiger partial charge in [0.2, 0.25) is 0 Å². The number of hydrogen-bond acceptors (Lipinski definition) is 5. The number of esters is 1. The van der Waals surface area contributed by atoms with E-state index in [2.05, 4.69) is 33.9 Å². The second-order valence-corrected chi connectivity index (χ2v) is 14.4. The Kier molecular flexibility index (Phi) is 6.71. The number of rotatable bonds is 5. The fourth-order valence-corrected chi connectivity index (χ4v) is 3.19. The van der Waals surface area contributed by atoms with E-state index in [-0.39, 0.29) is 23.2 Å². The SMILES string of the molecule is CC(C)(C)OC(=O)/C=C/[C@@H]1OC(C)(C)O[C@H]1CO[Si](C)(C)C(C)(C)C. The molecule has 1 rings (SSSR count). The van der Waals surface area contributed by atoms with Crippen LogP contribution in [0.4, 0.5) is 0 Å². The number of carbonyl (C=O) groups excluding carboxylic acids is 1. The van der Waals surface area contributed by atoms with Crippen molar-refractivity contribution in [1.82, 2.24) is 0 Å². The molecule has 0 unspecified atom stereocenters. The summed E-state index contributed by atoms with van der Waals surface area (Å²) in [5.41, 5.74) is -0.515. The first-order chi connectivity index (χ1) is 11.0. The molecule has 0 saturated carbocycles. The summed E-state index contributed by atoms with van der Waals surface area (Å²) in [5.74, 6) is -1.09. The van der Waals surface area contributed by atoms with Crippen LogP contribution in [0.15, 0.2) is 12.2 Å². The molecule has 0 aromatic rings. The molecule has 1 heterocycles. The van der Waals surface area contributed by atoms with E-state index in [0.717, 1.165) is 0 Å². The molecule has 0 N–H and O–H groups in total. The van der Waals surface area contributed by atoms with Crippen LogP contribution in [0.2, 0.25) is 18.1 Å². The van der Waals surface area contributed by atoms with Crippen LogP contribution in [0.5, 0.6) is 0 Å². The highest BCUT2D eigenvalue weighted by atomic mass is 28.4. The molecule has 5 nitrogen and oxygen atoms in total. The molecule has 1 aliphatic rings. The Balaban J connectivity index is 2.75. The Labute approximate surface area is 154 Å². The van der Waals surface area contributed by atoms with Gasteiger partial charge < -0.3 is 18.6 Å². The standard InChI is InChI=1S/C19H36O5Si/c1-17(2,3)24-16(20)12-11-14-15(23-19(7,8)22-14)13-21-25(9,10)18(4,5)6/h11-12,14-15H,13H2,1-10H3/b12-11+/t14-,15-/m0/s1. The fourth-order valence-electron chi connectivity index (χ4n) is 2.17. The molecule has 0 amide bonds. The van der Waals surface area contributed by atoms with Crippen LogP contribution in [0.3, 0.4) is 0 Å². The monoisotopic (exact) mass is 372 g/mol. The van der Waals surface area contributed by atoms with Gasteiger partial charge in [0.25, 0.3) is 0 Å². The summed E-state index contributed by atoms with van der Waals surface area (Å²) in [5, 5.41) is 0.129. The third-order valence-corrected chi connectivity index (χ3v) is 8.97. The highest BCUT2D eigenvalue weighted by molar-refractivity contribution is 6.74. The Morgan fingerprint density at radius 1 is 1.12 bits per heavy atom. The maximum Gasteiger partial charge on any atom is 0.331 e. The van der Waals surface area contributed by atoms with E-state index in [1.165, 1.54) is 6.08 Å². The van der Waals surface area contributed by atoms with Gasteiger partial charge in [0.15, 0.2) is 14.1 Å². The zero-order valence-corrected chi connectivity index (χ0v) is 18.6. The predicted octanol–water partition coefficient (Wildman–Crippen LogP) is 4.43. The minimum absolute atomic E-state index is 0.129. The molecule has 0 spiro atoms. The van der Waals surface area contributed by atoms with Gasteiger partial charge in [-0.15, -0.1) is 0 Å². The van der Waals surface area contributed by atoms with Crippen molar-refractivity contribution in [3.63, 3.8) is 0 Å². The highest BCUT2D eigenvalue weighted by Crippen LogP contribution is 2.37. The van der Waals surface area contributed by atoms with Gasteiger partial charge in [0.1, 0.15) is 17.8 Å². The summed E-state index contributed by atoms with van der Waals surface area (Å²) in [7, 11) is -1.88. The van der Waals surface area contributed by atoms with Gasteiger partial charge in [-0.1, -0.05) is 20.8 Å². The van der Waals surface area contributed by atoms with E-state index < -0.39 is 19.7 Å². The number of ether oxygens (including phenoxy) is 3. The third kappa shape index (κ3) is 7.21.